The number of ether oxygens (including phenoxy) is 1. The molecule has 0 saturated heterocycles. The Morgan fingerprint density at radius 2 is 1.89 bits per heavy atom. The number of amides is 1. The van der Waals surface area contributed by atoms with Crippen LogP contribution in [0.25, 0.3) is 0 Å². The van der Waals surface area contributed by atoms with E-state index in [1.54, 1.807) is 7.11 Å². The van der Waals surface area contributed by atoms with Crippen LogP contribution in [0.1, 0.15) is 31.7 Å². The molecule has 0 aliphatic rings. The van der Waals surface area contributed by atoms with Gasteiger partial charge < -0.3 is 15.4 Å². The lowest BCUT2D eigenvalue weighted by Crippen LogP contribution is -2.14. The molecule has 1 aromatic rings. The predicted molar refractivity (Wildman–Crippen MR) is 78.2 cm³/mol. The molecule has 0 aliphatic carbocycles. The molecular weight excluding hydrogens is 240 g/mol. The second kappa shape index (κ2) is 9.53. The van der Waals surface area contributed by atoms with Gasteiger partial charge in [-0.25, -0.2) is 0 Å². The molecule has 0 spiro atoms. The molecule has 106 valence electrons. The second-order valence-electron chi connectivity index (χ2n) is 4.61. The molecule has 0 fully saturated rings. The van der Waals surface area contributed by atoms with Crippen LogP contribution in [0, 0.1) is 0 Å². The highest BCUT2D eigenvalue weighted by Gasteiger charge is 1.96. The van der Waals surface area contributed by atoms with E-state index in [1.807, 2.05) is 24.3 Å². The zero-order valence-corrected chi connectivity index (χ0v) is 11.9. The third kappa shape index (κ3) is 7.59. The molecule has 0 aliphatic heterocycles. The molecule has 1 rings (SSSR count). The van der Waals surface area contributed by atoms with Gasteiger partial charge in [-0.15, -0.1) is 0 Å². The number of methoxy groups -OCH3 is 1. The van der Waals surface area contributed by atoms with E-state index in [0.29, 0.717) is 0 Å². The van der Waals surface area contributed by atoms with Gasteiger partial charge in [0.15, 0.2) is 0 Å². The van der Waals surface area contributed by atoms with Gasteiger partial charge in [-0.1, -0.05) is 12.1 Å². The number of carbonyl (C=O) groups excluding carboxylic acids is 1. The highest BCUT2D eigenvalue weighted by molar-refractivity contribution is 5.88. The topological polar surface area (TPSA) is 50.4 Å². The van der Waals surface area contributed by atoms with Crippen molar-refractivity contribution >= 4 is 11.6 Å². The summed E-state index contributed by atoms with van der Waals surface area (Å²) < 4.78 is 5.01. The van der Waals surface area contributed by atoms with Gasteiger partial charge in [0.1, 0.15) is 0 Å². The van der Waals surface area contributed by atoms with Gasteiger partial charge in [0.05, 0.1) is 0 Å². The fraction of sp³-hybridized carbons (Fsp3) is 0.533. The van der Waals surface area contributed by atoms with Gasteiger partial charge >= 0.3 is 0 Å². The van der Waals surface area contributed by atoms with E-state index in [9.17, 15) is 4.79 Å². The first-order valence-electron chi connectivity index (χ1n) is 6.78. The summed E-state index contributed by atoms with van der Waals surface area (Å²) in [5, 5.41) is 6.17. The van der Waals surface area contributed by atoms with Crippen LogP contribution in [-0.2, 0) is 16.1 Å². The Labute approximate surface area is 115 Å². The summed E-state index contributed by atoms with van der Waals surface area (Å²) in [6.07, 6.45) is 3.50. The number of carbonyl (C=O) groups is 1. The number of hydrogen-bond acceptors (Lipinski definition) is 3. The fourth-order valence-corrected chi connectivity index (χ4v) is 1.82. The first-order valence-corrected chi connectivity index (χ1v) is 6.78. The van der Waals surface area contributed by atoms with E-state index in [0.717, 1.165) is 31.8 Å². The molecule has 0 bridgehead atoms. The first-order chi connectivity index (χ1) is 9.22. The van der Waals surface area contributed by atoms with Crippen LogP contribution in [0.2, 0.25) is 0 Å². The Morgan fingerprint density at radius 3 is 2.53 bits per heavy atom. The minimum absolute atomic E-state index is 0.0399. The Bertz CT molecular complexity index is 363. The second-order valence-corrected chi connectivity index (χ2v) is 4.61. The zero-order chi connectivity index (χ0) is 13.9. The van der Waals surface area contributed by atoms with Crippen LogP contribution >= 0.6 is 0 Å². The van der Waals surface area contributed by atoms with Crippen molar-refractivity contribution in [3.8, 4) is 0 Å². The SMILES string of the molecule is COCCCCCNCc1ccc(NC(C)=O)cc1. The fourth-order valence-electron chi connectivity index (χ4n) is 1.82. The van der Waals surface area contributed by atoms with Crippen LogP contribution < -0.4 is 10.6 Å². The molecular formula is C15H24N2O2. The molecule has 1 aromatic carbocycles. The quantitative estimate of drug-likeness (QED) is 0.674. The van der Waals surface area contributed by atoms with E-state index >= 15 is 0 Å². The van der Waals surface area contributed by atoms with Crippen molar-refractivity contribution in [2.45, 2.75) is 32.7 Å². The number of rotatable bonds is 9. The monoisotopic (exact) mass is 264 g/mol. The van der Waals surface area contributed by atoms with Crippen molar-refractivity contribution < 1.29 is 9.53 Å². The largest absolute Gasteiger partial charge is 0.385 e. The Hall–Kier alpha value is -1.39. The molecule has 0 saturated carbocycles. The molecule has 4 heteroatoms. The molecule has 0 unspecified atom stereocenters. The minimum atomic E-state index is -0.0399. The molecule has 1 amide bonds. The van der Waals surface area contributed by atoms with Gasteiger partial charge in [0.2, 0.25) is 5.91 Å². The highest BCUT2D eigenvalue weighted by atomic mass is 16.5. The smallest absolute Gasteiger partial charge is 0.221 e. The maximum Gasteiger partial charge on any atom is 0.221 e. The van der Waals surface area contributed by atoms with Crippen LogP contribution in [0.5, 0.6) is 0 Å². The summed E-state index contributed by atoms with van der Waals surface area (Å²) in [4.78, 5) is 10.9. The van der Waals surface area contributed by atoms with E-state index in [1.165, 1.54) is 25.3 Å². The van der Waals surface area contributed by atoms with Crippen LogP contribution in [-0.4, -0.2) is 26.2 Å². The maximum atomic E-state index is 10.9. The summed E-state index contributed by atoms with van der Waals surface area (Å²) in [5.74, 6) is -0.0399. The van der Waals surface area contributed by atoms with Crippen LogP contribution in [0.15, 0.2) is 24.3 Å². The molecule has 0 heterocycles. The molecule has 2 N–H and O–H groups in total. The number of nitrogens with one attached hydrogen (secondary N) is 2. The summed E-state index contributed by atoms with van der Waals surface area (Å²) in [6, 6.07) is 7.92. The number of hydrogen-bond donors (Lipinski definition) is 2. The average molecular weight is 264 g/mol. The lowest BCUT2D eigenvalue weighted by atomic mass is 10.2. The van der Waals surface area contributed by atoms with Gasteiger partial charge in [0, 0.05) is 32.9 Å². The van der Waals surface area contributed by atoms with E-state index in [-0.39, 0.29) is 5.91 Å². The summed E-state index contributed by atoms with van der Waals surface area (Å²) >= 11 is 0. The summed E-state index contributed by atoms with van der Waals surface area (Å²) in [7, 11) is 1.74. The molecule has 0 atom stereocenters. The highest BCUT2D eigenvalue weighted by Crippen LogP contribution is 2.09. The van der Waals surface area contributed by atoms with Crippen molar-refractivity contribution in [1.29, 1.82) is 0 Å². The van der Waals surface area contributed by atoms with E-state index in [4.69, 9.17) is 4.74 Å². The molecule has 0 radical (unpaired) electrons. The normalized spacial score (nSPS) is 10.4. The number of anilines is 1. The Morgan fingerprint density at radius 1 is 1.16 bits per heavy atom. The van der Waals surface area contributed by atoms with Gasteiger partial charge in [-0.2, -0.15) is 0 Å². The standard InChI is InChI=1S/C15H24N2O2/c1-13(18)17-15-8-6-14(7-9-15)12-16-10-4-3-5-11-19-2/h6-9,16H,3-5,10-12H2,1-2H3,(H,17,18). The molecule has 0 aromatic heterocycles. The summed E-state index contributed by atoms with van der Waals surface area (Å²) in [6.45, 7) is 4.26. The Kier molecular flexibility index (Phi) is 7.86. The number of unbranched alkanes of at least 4 members (excludes halogenated alkanes) is 2. The lowest BCUT2D eigenvalue weighted by molar-refractivity contribution is -0.114. The van der Waals surface area contributed by atoms with Crippen molar-refractivity contribution in [3.05, 3.63) is 29.8 Å². The zero-order valence-electron chi connectivity index (χ0n) is 11.9. The van der Waals surface area contributed by atoms with E-state index < -0.39 is 0 Å². The van der Waals surface area contributed by atoms with Crippen molar-refractivity contribution in [2.75, 3.05) is 25.6 Å². The first kappa shape index (κ1) is 15.7. The predicted octanol–water partition coefficient (Wildman–Crippen LogP) is 2.55. The van der Waals surface area contributed by atoms with Gasteiger partial charge in [-0.3, -0.25) is 4.79 Å². The molecule has 4 nitrogen and oxygen atoms in total. The number of benzene rings is 1. The maximum absolute atomic E-state index is 10.9. The van der Waals surface area contributed by atoms with Gasteiger partial charge in [-0.05, 0) is 43.5 Å². The van der Waals surface area contributed by atoms with Crippen LogP contribution in [0.4, 0.5) is 5.69 Å². The van der Waals surface area contributed by atoms with Crippen LogP contribution in [0.3, 0.4) is 0 Å². The third-order valence-electron chi connectivity index (χ3n) is 2.81. The lowest BCUT2D eigenvalue weighted by Gasteiger charge is -2.06. The molecule has 19 heavy (non-hydrogen) atoms. The summed E-state index contributed by atoms with van der Waals surface area (Å²) in [5.41, 5.74) is 2.07. The van der Waals surface area contributed by atoms with Gasteiger partial charge in [0.25, 0.3) is 0 Å². The van der Waals surface area contributed by atoms with E-state index in [2.05, 4.69) is 10.6 Å². The van der Waals surface area contributed by atoms with Crippen molar-refractivity contribution in [2.24, 2.45) is 0 Å². The van der Waals surface area contributed by atoms with Crippen molar-refractivity contribution in [1.82, 2.24) is 5.32 Å². The minimum Gasteiger partial charge on any atom is -0.385 e. The van der Waals surface area contributed by atoms with Crippen molar-refractivity contribution in [3.63, 3.8) is 0 Å². The Balaban J connectivity index is 2.14. The average Bonchev–Trinajstić information content (AvgIpc) is 2.39. The third-order valence-corrected chi connectivity index (χ3v) is 2.81.